The van der Waals surface area contributed by atoms with Crippen LogP contribution in [0.4, 0.5) is 5.69 Å². The zero-order valence-electron chi connectivity index (χ0n) is 7.08. The summed E-state index contributed by atoms with van der Waals surface area (Å²) < 4.78 is 0.811. The van der Waals surface area contributed by atoms with Crippen LogP contribution in [-0.4, -0.2) is 9.97 Å². The second-order valence-electron chi connectivity index (χ2n) is 2.84. The first-order chi connectivity index (χ1) is 6.18. The smallest absolute Gasteiger partial charge is 0.161 e. The molecule has 2 N–H and O–H groups in total. The van der Waals surface area contributed by atoms with Crippen molar-refractivity contribution in [2.24, 2.45) is 0 Å². The Labute approximate surface area is 84.1 Å². The zero-order valence-corrected chi connectivity index (χ0v) is 8.67. The topological polar surface area (TPSA) is 51.8 Å². The first-order valence-electron chi connectivity index (χ1n) is 3.86. The summed E-state index contributed by atoms with van der Waals surface area (Å²) in [6.45, 7) is 1.93. The first-order valence-corrected chi connectivity index (χ1v) is 4.65. The Balaban J connectivity index is 2.87. The molecule has 0 saturated carbocycles. The maximum absolute atomic E-state index is 5.84. The predicted molar refractivity (Wildman–Crippen MR) is 56.4 cm³/mol. The van der Waals surface area contributed by atoms with Crippen molar-refractivity contribution in [3.8, 4) is 0 Å². The molecule has 2 aromatic heterocycles. The van der Waals surface area contributed by atoms with E-state index in [0.717, 1.165) is 15.6 Å². The van der Waals surface area contributed by atoms with Crippen molar-refractivity contribution in [2.45, 2.75) is 6.92 Å². The van der Waals surface area contributed by atoms with E-state index in [1.807, 2.05) is 19.1 Å². The number of pyridine rings is 2. The van der Waals surface area contributed by atoms with Crippen molar-refractivity contribution < 1.29 is 0 Å². The predicted octanol–water partition coefficient (Wildman–Crippen LogP) is 2.28. The van der Waals surface area contributed by atoms with Crippen LogP contribution in [0, 0.1) is 6.92 Å². The molecule has 0 unspecified atom stereocenters. The van der Waals surface area contributed by atoms with E-state index in [-0.39, 0.29) is 0 Å². The van der Waals surface area contributed by atoms with Crippen molar-refractivity contribution in [2.75, 3.05) is 5.73 Å². The molecule has 2 aromatic rings. The summed E-state index contributed by atoms with van der Waals surface area (Å²) in [4.78, 5) is 8.43. The molecule has 2 heterocycles. The van der Waals surface area contributed by atoms with E-state index in [1.54, 1.807) is 6.20 Å². The Bertz CT molecular complexity index is 468. The molecule has 13 heavy (non-hydrogen) atoms. The lowest BCUT2D eigenvalue weighted by molar-refractivity contribution is 1.20. The fraction of sp³-hybridized carbons (Fsp3) is 0.111. The molecule has 0 radical (unpaired) electrons. The number of fused-ring (bicyclic) bond motifs is 1. The Hall–Kier alpha value is -1.16. The SMILES string of the molecule is Cc1ccc2c(N)c(Br)cnc2n1. The van der Waals surface area contributed by atoms with Gasteiger partial charge in [0.2, 0.25) is 0 Å². The average Bonchev–Trinajstić information content (AvgIpc) is 2.12. The van der Waals surface area contributed by atoms with Gasteiger partial charge in [0.25, 0.3) is 0 Å². The molecule has 0 aliphatic rings. The molecule has 0 aliphatic carbocycles. The molecule has 4 heteroatoms. The van der Waals surface area contributed by atoms with Crippen LogP contribution in [0.1, 0.15) is 5.69 Å². The van der Waals surface area contributed by atoms with Crippen LogP contribution in [0.3, 0.4) is 0 Å². The van der Waals surface area contributed by atoms with Crippen LogP contribution in [0.5, 0.6) is 0 Å². The van der Waals surface area contributed by atoms with Crippen molar-refractivity contribution in [1.29, 1.82) is 0 Å². The third-order valence-corrected chi connectivity index (χ3v) is 2.49. The van der Waals surface area contributed by atoms with Gasteiger partial charge in [0, 0.05) is 17.3 Å². The molecule has 0 aromatic carbocycles. The van der Waals surface area contributed by atoms with E-state index in [4.69, 9.17) is 5.73 Å². The molecule has 0 saturated heterocycles. The van der Waals surface area contributed by atoms with Crippen LogP contribution in [0.2, 0.25) is 0 Å². The number of nitrogen functional groups attached to an aromatic ring is 1. The van der Waals surface area contributed by atoms with Gasteiger partial charge in [-0.2, -0.15) is 0 Å². The number of halogens is 1. The summed E-state index contributed by atoms with van der Waals surface area (Å²) in [7, 11) is 0. The zero-order chi connectivity index (χ0) is 9.42. The molecule has 0 spiro atoms. The number of hydrogen-bond donors (Lipinski definition) is 1. The molecule has 66 valence electrons. The summed E-state index contributed by atoms with van der Waals surface area (Å²) in [6.07, 6.45) is 1.67. The summed E-state index contributed by atoms with van der Waals surface area (Å²) in [5.41, 5.74) is 8.17. The van der Waals surface area contributed by atoms with E-state index in [0.29, 0.717) is 11.3 Å². The number of nitrogens with zero attached hydrogens (tertiary/aromatic N) is 2. The van der Waals surface area contributed by atoms with Crippen molar-refractivity contribution in [3.05, 3.63) is 28.5 Å². The summed E-state index contributed by atoms with van der Waals surface area (Å²) >= 11 is 3.32. The largest absolute Gasteiger partial charge is 0.397 e. The van der Waals surface area contributed by atoms with Gasteiger partial charge in [0.1, 0.15) is 0 Å². The van der Waals surface area contributed by atoms with Crippen LogP contribution in [0.15, 0.2) is 22.8 Å². The van der Waals surface area contributed by atoms with Crippen LogP contribution < -0.4 is 5.73 Å². The van der Waals surface area contributed by atoms with Gasteiger partial charge in [-0.05, 0) is 35.0 Å². The molecular weight excluding hydrogens is 230 g/mol. The van der Waals surface area contributed by atoms with E-state index in [2.05, 4.69) is 25.9 Å². The third kappa shape index (κ3) is 1.37. The van der Waals surface area contributed by atoms with Crippen LogP contribution >= 0.6 is 15.9 Å². The molecule has 3 nitrogen and oxygen atoms in total. The second kappa shape index (κ2) is 2.96. The third-order valence-electron chi connectivity index (χ3n) is 1.86. The molecule has 0 fully saturated rings. The summed E-state index contributed by atoms with van der Waals surface area (Å²) in [6, 6.07) is 3.86. The highest BCUT2D eigenvalue weighted by Crippen LogP contribution is 2.25. The minimum atomic E-state index is 0.692. The first kappa shape index (κ1) is 8.44. The highest BCUT2D eigenvalue weighted by molar-refractivity contribution is 9.10. The fourth-order valence-electron chi connectivity index (χ4n) is 1.17. The number of aryl methyl sites for hydroxylation is 1. The summed E-state index contributed by atoms with van der Waals surface area (Å²) in [5, 5.41) is 0.889. The monoisotopic (exact) mass is 237 g/mol. The minimum absolute atomic E-state index is 0.692. The van der Waals surface area contributed by atoms with E-state index in [1.165, 1.54) is 0 Å². The number of aromatic nitrogens is 2. The quantitative estimate of drug-likeness (QED) is 0.765. The molecule has 0 bridgehead atoms. The Morgan fingerprint density at radius 1 is 1.38 bits per heavy atom. The van der Waals surface area contributed by atoms with Crippen molar-refractivity contribution >= 4 is 32.7 Å². The Morgan fingerprint density at radius 2 is 2.15 bits per heavy atom. The van der Waals surface area contributed by atoms with Crippen LogP contribution in [-0.2, 0) is 0 Å². The van der Waals surface area contributed by atoms with Crippen LogP contribution in [0.25, 0.3) is 11.0 Å². The minimum Gasteiger partial charge on any atom is -0.397 e. The second-order valence-corrected chi connectivity index (χ2v) is 3.70. The number of nitrogens with two attached hydrogens (primary N) is 1. The molecule has 2 rings (SSSR count). The van der Waals surface area contributed by atoms with Crippen molar-refractivity contribution in [3.63, 3.8) is 0 Å². The van der Waals surface area contributed by atoms with Gasteiger partial charge in [-0.25, -0.2) is 9.97 Å². The van der Waals surface area contributed by atoms with E-state index in [9.17, 15) is 0 Å². The van der Waals surface area contributed by atoms with Gasteiger partial charge in [-0.1, -0.05) is 0 Å². The maximum Gasteiger partial charge on any atom is 0.161 e. The number of anilines is 1. The lowest BCUT2D eigenvalue weighted by Gasteiger charge is -2.02. The van der Waals surface area contributed by atoms with Gasteiger partial charge >= 0.3 is 0 Å². The lowest BCUT2D eigenvalue weighted by Crippen LogP contribution is -1.93. The highest BCUT2D eigenvalue weighted by atomic mass is 79.9. The van der Waals surface area contributed by atoms with Gasteiger partial charge < -0.3 is 5.73 Å². The molecule has 0 atom stereocenters. The average molecular weight is 238 g/mol. The Kier molecular flexibility index (Phi) is 1.92. The van der Waals surface area contributed by atoms with E-state index >= 15 is 0 Å². The lowest BCUT2D eigenvalue weighted by atomic mass is 10.2. The fourth-order valence-corrected chi connectivity index (χ4v) is 1.48. The maximum atomic E-state index is 5.84. The standard InChI is InChI=1S/C9H8BrN3/c1-5-2-3-6-8(11)7(10)4-12-9(6)13-5/h2-4H,1H3,(H2,11,12,13). The number of rotatable bonds is 0. The highest BCUT2D eigenvalue weighted by Gasteiger charge is 2.03. The number of hydrogen-bond acceptors (Lipinski definition) is 3. The van der Waals surface area contributed by atoms with Gasteiger partial charge in [0.15, 0.2) is 5.65 Å². The molecule has 0 aliphatic heterocycles. The van der Waals surface area contributed by atoms with Gasteiger partial charge in [0.05, 0.1) is 10.2 Å². The van der Waals surface area contributed by atoms with E-state index < -0.39 is 0 Å². The molecule has 0 amide bonds. The van der Waals surface area contributed by atoms with Gasteiger partial charge in [-0.3, -0.25) is 0 Å². The summed E-state index contributed by atoms with van der Waals surface area (Å²) in [5.74, 6) is 0. The van der Waals surface area contributed by atoms with Gasteiger partial charge in [-0.15, -0.1) is 0 Å². The van der Waals surface area contributed by atoms with Crippen molar-refractivity contribution in [1.82, 2.24) is 9.97 Å². The normalized spacial score (nSPS) is 10.6. The molecular formula is C9H8BrN3. The Morgan fingerprint density at radius 3 is 2.92 bits per heavy atom.